The lowest BCUT2D eigenvalue weighted by atomic mass is 10.0. The Morgan fingerprint density at radius 3 is 2.95 bits per heavy atom. The number of amides is 1. The molecule has 1 saturated heterocycles. The molecule has 3 atom stereocenters. The molecule has 122 valence electrons. The van der Waals surface area contributed by atoms with Gasteiger partial charge in [-0.1, -0.05) is 6.07 Å². The molecular formula is C15H20F2N2O2S. The van der Waals surface area contributed by atoms with Gasteiger partial charge in [0.1, 0.15) is 6.10 Å². The highest BCUT2D eigenvalue weighted by Crippen LogP contribution is 2.30. The van der Waals surface area contributed by atoms with E-state index in [9.17, 15) is 13.6 Å². The fourth-order valence-corrected chi connectivity index (χ4v) is 2.91. The number of thioether (sulfide) groups is 1. The zero-order chi connectivity index (χ0) is 16.1. The lowest BCUT2D eigenvalue weighted by Crippen LogP contribution is -2.46. The molecule has 1 amide bonds. The van der Waals surface area contributed by atoms with Gasteiger partial charge < -0.3 is 15.8 Å². The van der Waals surface area contributed by atoms with Gasteiger partial charge in [0.05, 0.1) is 12.1 Å². The topological polar surface area (TPSA) is 64.4 Å². The Labute approximate surface area is 132 Å². The van der Waals surface area contributed by atoms with E-state index in [1.807, 2.05) is 6.26 Å². The molecule has 4 nitrogen and oxygen atoms in total. The first-order chi connectivity index (χ1) is 10.5. The first kappa shape index (κ1) is 17.2. The van der Waals surface area contributed by atoms with Crippen LogP contribution in [0.15, 0.2) is 18.2 Å². The molecule has 1 aromatic rings. The van der Waals surface area contributed by atoms with Crippen LogP contribution in [0.1, 0.15) is 24.5 Å². The maximum absolute atomic E-state index is 13.3. The molecular weight excluding hydrogens is 310 g/mol. The second-order valence-electron chi connectivity index (χ2n) is 5.26. The standard InChI is InChI=1S/C15H20F2N2O2S/c1-22-7-5-12(18)15(20)19-13-4-6-21-14(13)9-2-3-10(16)11(17)8-9/h2-3,8,12-14H,4-7,18H2,1H3,(H,19,20). The molecule has 7 heteroatoms. The number of nitrogens with two attached hydrogens (primary N) is 1. The zero-order valence-electron chi connectivity index (χ0n) is 12.4. The number of hydrogen-bond acceptors (Lipinski definition) is 4. The number of halogens is 2. The maximum Gasteiger partial charge on any atom is 0.237 e. The fraction of sp³-hybridized carbons (Fsp3) is 0.533. The predicted molar refractivity (Wildman–Crippen MR) is 82.6 cm³/mol. The Bertz CT molecular complexity index is 530. The van der Waals surface area contributed by atoms with Gasteiger partial charge in [0.2, 0.25) is 5.91 Å². The van der Waals surface area contributed by atoms with Crippen LogP contribution in [0, 0.1) is 11.6 Å². The summed E-state index contributed by atoms with van der Waals surface area (Å²) in [5.41, 5.74) is 6.35. The lowest BCUT2D eigenvalue weighted by molar-refractivity contribution is -0.123. The van der Waals surface area contributed by atoms with E-state index in [1.54, 1.807) is 11.8 Å². The van der Waals surface area contributed by atoms with E-state index in [0.29, 0.717) is 25.0 Å². The third-order valence-corrected chi connectivity index (χ3v) is 4.31. The average molecular weight is 330 g/mol. The van der Waals surface area contributed by atoms with E-state index in [1.165, 1.54) is 6.07 Å². The van der Waals surface area contributed by atoms with Gasteiger partial charge in [0.25, 0.3) is 0 Å². The minimum absolute atomic E-state index is 0.239. The summed E-state index contributed by atoms with van der Waals surface area (Å²) in [5.74, 6) is -1.25. The number of carbonyl (C=O) groups excluding carboxylic acids is 1. The van der Waals surface area contributed by atoms with Gasteiger partial charge in [-0.2, -0.15) is 11.8 Å². The quantitative estimate of drug-likeness (QED) is 0.837. The number of hydrogen-bond donors (Lipinski definition) is 2. The van der Waals surface area contributed by atoms with Crippen LogP contribution < -0.4 is 11.1 Å². The van der Waals surface area contributed by atoms with Crippen LogP contribution in [0.2, 0.25) is 0 Å². The summed E-state index contributed by atoms with van der Waals surface area (Å²) in [6.07, 6.45) is 2.68. The van der Waals surface area contributed by atoms with Crippen LogP contribution in [0.4, 0.5) is 8.78 Å². The van der Waals surface area contributed by atoms with Crippen molar-refractivity contribution in [3.63, 3.8) is 0 Å². The van der Waals surface area contributed by atoms with E-state index in [2.05, 4.69) is 5.32 Å². The van der Waals surface area contributed by atoms with Crippen LogP contribution >= 0.6 is 11.8 Å². The molecule has 3 unspecified atom stereocenters. The molecule has 3 N–H and O–H groups in total. The van der Waals surface area contributed by atoms with Crippen LogP contribution in [0.5, 0.6) is 0 Å². The van der Waals surface area contributed by atoms with Crippen molar-refractivity contribution in [3.05, 3.63) is 35.4 Å². The average Bonchev–Trinajstić information content (AvgIpc) is 2.95. The maximum atomic E-state index is 13.3. The second-order valence-corrected chi connectivity index (χ2v) is 6.24. The van der Waals surface area contributed by atoms with Gasteiger partial charge in [-0.3, -0.25) is 4.79 Å². The fourth-order valence-electron chi connectivity index (χ4n) is 2.42. The van der Waals surface area contributed by atoms with Crippen molar-refractivity contribution < 1.29 is 18.3 Å². The highest BCUT2D eigenvalue weighted by molar-refractivity contribution is 7.98. The molecule has 0 aromatic heterocycles. The summed E-state index contributed by atoms with van der Waals surface area (Å²) in [4.78, 5) is 12.1. The van der Waals surface area contributed by atoms with Gasteiger partial charge in [-0.25, -0.2) is 8.78 Å². The number of benzene rings is 1. The SMILES string of the molecule is CSCCC(N)C(=O)NC1CCOC1c1ccc(F)c(F)c1. The van der Waals surface area contributed by atoms with E-state index in [-0.39, 0.29) is 11.9 Å². The predicted octanol–water partition coefficient (Wildman–Crippen LogP) is 1.99. The van der Waals surface area contributed by atoms with Crippen LogP contribution in [0.3, 0.4) is 0 Å². The Hall–Kier alpha value is -1.18. The number of nitrogens with one attached hydrogen (secondary N) is 1. The van der Waals surface area contributed by atoms with Crippen molar-refractivity contribution >= 4 is 17.7 Å². The molecule has 1 aromatic carbocycles. The van der Waals surface area contributed by atoms with Crippen molar-refractivity contribution in [1.29, 1.82) is 0 Å². The summed E-state index contributed by atoms with van der Waals surface area (Å²) < 4.78 is 31.9. The normalized spacial score (nSPS) is 22.5. The molecule has 1 aliphatic heterocycles. The molecule has 0 spiro atoms. The summed E-state index contributed by atoms with van der Waals surface area (Å²) in [5, 5.41) is 2.86. The Morgan fingerprint density at radius 2 is 2.27 bits per heavy atom. The molecule has 1 heterocycles. The number of ether oxygens (including phenoxy) is 1. The Morgan fingerprint density at radius 1 is 1.50 bits per heavy atom. The minimum Gasteiger partial charge on any atom is -0.371 e. The molecule has 0 aliphatic carbocycles. The molecule has 1 fully saturated rings. The zero-order valence-corrected chi connectivity index (χ0v) is 13.2. The first-order valence-electron chi connectivity index (χ1n) is 7.14. The van der Waals surface area contributed by atoms with E-state index >= 15 is 0 Å². The highest BCUT2D eigenvalue weighted by Gasteiger charge is 2.32. The monoisotopic (exact) mass is 330 g/mol. The minimum atomic E-state index is -0.922. The third kappa shape index (κ3) is 4.18. The van der Waals surface area contributed by atoms with Gasteiger partial charge in [0, 0.05) is 6.61 Å². The van der Waals surface area contributed by atoms with Crippen molar-refractivity contribution in [3.8, 4) is 0 Å². The number of rotatable bonds is 6. The van der Waals surface area contributed by atoms with Crippen molar-refractivity contribution in [1.82, 2.24) is 5.32 Å². The highest BCUT2D eigenvalue weighted by atomic mass is 32.2. The molecule has 1 aliphatic rings. The van der Waals surface area contributed by atoms with Crippen LogP contribution in [-0.2, 0) is 9.53 Å². The summed E-state index contributed by atoms with van der Waals surface area (Å²) in [6, 6.07) is 2.80. The van der Waals surface area contributed by atoms with Gasteiger partial charge in [0.15, 0.2) is 11.6 Å². The van der Waals surface area contributed by atoms with Gasteiger partial charge in [-0.05, 0) is 42.5 Å². The van der Waals surface area contributed by atoms with Gasteiger partial charge >= 0.3 is 0 Å². The number of carbonyl (C=O) groups is 1. The summed E-state index contributed by atoms with van der Waals surface area (Å²) in [7, 11) is 0. The van der Waals surface area contributed by atoms with Gasteiger partial charge in [-0.15, -0.1) is 0 Å². The molecule has 0 radical (unpaired) electrons. The Balaban J connectivity index is 2.01. The van der Waals surface area contributed by atoms with Crippen LogP contribution in [-0.4, -0.2) is 36.6 Å². The second kappa shape index (κ2) is 7.89. The molecule has 2 rings (SSSR count). The van der Waals surface area contributed by atoms with Crippen molar-refractivity contribution in [2.75, 3.05) is 18.6 Å². The molecule has 22 heavy (non-hydrogen) atoms. The molecule has 0 saturated carbocycles. The van der Waals surface area contributed by atoms with E-state index < -0.39 is 23.8 Å². The molecule has 0 bridgehead atoms. The summed E-state index contributed by atoms with van der Waals surface area (Å²) >= 11 is 1.63. The largest absolute Gasteiger partial charge is 0.371 e. The third-order valence-electron chi connectivity index (χ3n) is 3.66. The van der Waals surface area contributed by atoms with Crippen LogP contribution in [0.25, 0.3) is 0 Å². The lowest BCUT2D eigenvalue weighted by Gasteiger charge is -2.22. The van der Waals surface area contributed by atoms with Crippen molar-refractivity contribution in [2.45, 2.75) is 31.0 Å². The van der Waals surface area contributed by atoms with Crippen molar-refractivity contribution in [2.24, 2.45) is 5.73 Å². The summed E-state index contributed by atoms with van der Waals surface area (Å²) in [6.45, 7) is 0.453. The smallest absolute Gasteiger partial charge is 0.237 e. The Kier molecular flexibility index (Phi) is 6.16. The first-order valence-corrected chi connectivity index (χ1v) is 8.53. The van der Waals surface area contributed by atoms with E-state index in [4.69, 9.17) is 10.5 Å². The van der Waals surface area contributed by atoms with E-state index in [0.717, 1.165) is 17.9 Å².